The zero-order valence-corrected chi connectivity index (χ0v) is 11.2. The molecule has 1 spiro atoms. The predicted octanol–water partition coefficient (Wildman–Crippen LogP) is 0.623. The monoisotopic (exact) mass is 290 g/mol. The number of carbonyl (C=O) groups excluding carboxylic acids is 2. The fourth-order valence-electron chi connectivity index (χ4n) is 2.93. The number of aromatic nitrogens is 1. The molecule has 1 aromatic rings. The molecular formula is C13H14N4O4. The van der Waals surface area contributed by atoms with E-state index in [1.54, 1.807) is 6.07 Å². The lowest BCUT2D eigenvalue weighted by molar-refractivity contribution is -0.385. The molecule has 2 fully saturated rings. The Morgan fingerprint density at radius 3 is 2.48 bits per heavy atom. The topological polar surface area (TPSA) is 105 Å². The maximum absolute atomic E-state index is 11.9. The summed E-state index contributed by atoms with van der Waals surface area (Å²) in [6.45, 7) is 1.21. The number of nitrogens with one attached hydrogen (secondary N) is 1. The zero-order valence-electron chi connectivity index (χ0n) is 11.2. The molecule has 1 N–H and O–H groups in total. The van der Waals surface area contributed by atoms with Crippen LogP contribution in [-0.2, 0) is 9.59 Å². The van der Waals surface area contributed by atoms with Crippen molar-refractivity contribution >= 4 is 23.3 Å². The number of anilines is 1. The standard InChI is InChI=1S/C13H14N4O4/c18-11-7-13(12(19)15-11)3-5-16(6-4-13)10-2-1-9(8-14-10)17(20)21/h1-2,8H,3-7H2,(H,15,18,19). The minimum atomic E-state index is -0.575. The molecule has 0 radical (unpaired) electrons. The summed E-state index contributed by atoms with van der Waals surface area (Å²) in [4.78, 5) is 39.4. The number of hydrogen-bond acceptors (Lipinski definition) is 6. The Kier molecular flexibility index (Phi) is 3.08. The van der Waals surface area contributed by atoms with Crippen LogP contribution in [-0.4, -0.2) is 34.8 Å². The second-order valence-corrected chi connectivity index (χ2v) is 5.45. The second-order valence-electron chi connectivity index (χ2n) is 5.45. The van der Waals surface area contributed by atoms with E-state index in [1.165, 1.54) is 12.3 Å². The Balaban J connectivity index is 1.70. The van der Waals surface area contributed by atoms with E-state index in [0.717, 1.165) is 0 Å². The molecule has 3 rings (SSSR count). The molecule has 2 saturated heterocycles. The second kappa shape index (κ2) is 4.80. The molecule has 0 saturated carbocycles. The van der Waals surface area contributed by atoms with Gasteiger partial charge in [0, 0.05) is 25.6 Å². The van der Waals surface area contributed by atoms with Gasteiger partial charge < -0.3 is 4.90 Å². The fourth-order valence-corrected chi connectivity index (χ4v) is 2.93. The third kappa shape index (κ3) is 2.32. The van der Waals surface area contributed by atoms with Crippen LogP contribution in [0.2, 0.25) is 0 Å². The van der Waals surface area contributed by atoms with Crippen molar-refractivity contribution < 1.29 is 14.5 Å². The van der Waals surface area contributed by atoms with Crippen molar-refractivity contribution in [2.45, 2.75) is 19.3 Å². The van der Waals surface area contributed by atoms with Gasteiger partial charge in [-0.1, -0.05) is 0 Å². The van der Waals surface area contributed by atoms with Crippen LogP contribution >= 0.6 is 0 Å². The van der Waals surface area contributed by atoms with Crippen molar-refractivity contribution in [3.05, 3.63) is 28.4 Å². The molecule has 2 aliphatic rings. The van der Waals surface area contributed by atoms with Crippen molar-refractivity contribution in [2.75, 3.05) is 18.0 Å². The Hall–Kier alpha value is -2.51. The summed E-state index contributed by atoms with van der Waals surface area (Å²) in [5, 5.41) is 13.0. The molecule has 0 aromatic carbocycles. The molecule has 3 heterocycles. The summed E-state index contributed by atoms with van der Waals surface area (Å²) < 4.78 is 0. The highest BCUT2D eigenvalue weighted by molar-refractivity contribution is 6.06. The van der Waals surface area contributed by atoms with Gasteiger partial charge in [0.05, 0.1) is 10.3 Å². The van der Waals surface area contributed by atoms with Crippen molar-refractivity contribution in [3.63, 3.8) is 0 Å². The number of rotatable bonds is 2. The smallest absolute Gasteiger partial charge is 0.287 e. The molecule has 2 amide bonds. The largest absolute Gasteiger partial charge is 0.357 e. The van der Waals surface area contributed by atoms with Crippen LogP contribution in [0.25, 0.3) is 0 Å². The Morgan fingerprint density at radius 2 is 2.00 bits per heavy atom. The van der Waals surface area contributed by atoms with Crippen LogP contribution in [0.3, 0.4) is 0 Å². The average molecular weight is 290 g/mol. The molecule has 8 nitrogen and oxygen atoms in total. The van der Waals surface area contributed by atoms with Gasteiger partial charge in [0.1, 0.15) is 12.0 Å². The summed E-state index contributed by atoms with van der Waals surface area (Å²) in [6.07, 6.45) is 2.66. The highest BCUT2D eigenvalue weighted by Gasteiger charge is 2.48. The van der Waals surface area contributed by atoms with Crippen molar-refractivity contribution in [1.82, 2.24) is 10.3 Å². The Bertz CT molecular complexity index is 605. The predicted molar refractivity (Wildman–Crippen MR) is 72.5 cm³/mol. The molecule has 0 bridgehead atoms. The first kappa shape index (κ1) is 13.5. The summed E-state index contributed by atoms with van der Waals surface area (Å²) in [6, 6.07) is 3.02. The van der Waals surface area contributed by atoms with Crippen LogP contribution in [0.5, 0.6) is 0 Å². The number of imide groups is 1. The van der Waals surface area contributed by atoms with E-state index in [2.05, 4.69) is 10.3 Å². The number of nitro groups is 1. The van der Waals surface area contributed by atoms with E-state index in [1.807, 2.05) is 4.90 Å². The van der Waals surface area contributed by atoms with Crippen LogP contribution in [0.4, 0.5) is 11.5 Å². The molecule has 0 unspecified atom stereocenters. The van der Waals surface area contributed by atoms with E-state index in [0.29, 0.717) is 31.7 Å². The van der Waals surface area contributed by atoms with Crippen LogP contribution in [0, 0.1) is 15.5 Å². The van der Waals surface area contributed by atoms with Gasteiger partial charge in [-0.05, 0) is 18.9 Å². The summed E-state index contributed by atoms with van der Waals surface area (Å²) in [5.74, 6) is 0.269. The lowest BCUT2D eigenvalue weighted by Crippen LogP contribution is -2.44. The first-order valence-electron chi connectivity index (χ1n) is 6.70. The van der Waals surface area contributed by atoms with Crippen LogP contribution in [0.15, 0.2) is 18.3 Å². The minimum Gasteiger partial charge on any atom is -0.357 e. The molecule has 2 aliphatic heterocycles. The zero-order chi connectivity index (χ0) is 15.0. The molecular weight excluding hydrogens is 276 g/mol. The Labute approximate surface area is 120 Å². The van der Waals surface area contributed by atoms with Gasteiger partial charge in [0.25, 0.3) is 5.69 Å². The number of hydrogen-bond donors (Lipinski definition) is 1. The molecule has 0 atom stereocenters. The number of amides is 2. The SMILES string of the molecule is O=C1CC2(CCN(c3ccc([N+](=O)[O-])cn3)CC2)C(=O)N1. The molecule has 21 heavy (non-hydrogen) atoms. The van der Waals surface area contributed by atoms with E-state index in [4.69, 9.17) is 0 Å². The summed E-state index contributed by atoms with van der Waals surface area (Å²) in [5.41, 5.74) is -0.623. The molecule has 110 valence electrons. The highest BCUT2D eigenvalue weighted by atomic mass is 16.6. The first-order chi connectivity index (χ1) is 10.00. The minimum absolute atomic E-state index is 0.0482. The third-order valence-electron chi connectivity index (χ3n) is 4.22. The maximum atomic E-state index is 11.9. The van der Waals surface area contributed by atoms with E-state index in [9.17, 15) is 19.7 Å². The van der Waals surface area contributed by atoms with Crippen molar-refractivity contribution in [2.24, 2.45) is 5.41 Å². The first-order valence-corrected chi connectivity index (χ1v) is 6.70. The summed E-state index contributed by atoms with van der Waals surface area (Å²) >= 11 is 0. The molecule has 8 heteroatoms. The average Bonchev–Trinajstić information content (AvgIpc) is 2.74. The van der Waals surface area contributed by atoms with E-state index < -0.39 is 10.3 Å². The van der Waals surface area contributed by atoms with E-state index in [-0.39, 0.29) is 23.9 Å². The van der Waals surface area contributed by atoms with Crippen molar-refractivity contribution in [3.8, 4) is 0 Å². The lowest BCUT2D eigenvalue weighted by atomic mass is 9.77. The number of pyridine rings is 1. The number of nitrogens with zero attached hydrogens (tertiary/aromatic N) is 3. The van der Waals surface area contributed by atoms with E-state index >= 15 is 0 Å². The van der Waals surface area contributed by atoms with Gasteiger partial charge in [-0.25, -0.2) is 4.98 Å². The van der Waals surface area contributed by atoms with Crippen LogP contribution < -0.4 is 10.2 Å². The highest BCUT2D eigenvalue weighted by Crippen LogP contribution is 2.39. The van der Waals surface area contributed by atoms with Gasteiger partial charge in [-0.15, -0.1) is 0 Å². The third-order valence-corrected chi connectivity index (χ3v) is 4.22. The van der Waals surface area contributed by atoms with Gasteiger partial charge in [-0.3, -0.25) is 25.0 Å². The number of piperidine rings is 1. The van der Waals surface area contributed by atoms with Gasteiger partial charge >= 0.3 is 0 Å². The Morgan fingerprint density at radius 1 is 1.29 bits per heavy atom. The fraction of sp³-hybridized carbons (Fsp3) is 0.462. The van der Waals surface area contributed by atoms with Gasteiger partial charge in [0.15, 0.2) is 0 Å². The molecule has 1 aromatic heterocycles. The quantitative estimate of drug-likeness (QED) is 0.486. The van der Waals surface area contributed by atoms with Gasteiger partial charge in [-0.2, -0.15) is 0 Å². The number of carbonyl (C=O) groups is 2. The lowest BCUT2D eigenvalue weighted by Gasteiger charge is -2.37. The normalized spacial score (nSPS) is 20.7. The summed E-state index contributed by atoms with van der Waals surface area (Å²) in [7, 11) is 0. The molecule has 0 aliphatic carbocycles. The van der Waals surface area contributed by atoms with Gasteiger partial charge in [0.2, 0.25) is 11.8 Å². The maximum Gasteiger partial charge on any atom is 0.287 e. The van der Waals surface area contributed by atoms with Crippen LogP contribution in [0.1, 0.15) is 19.3 Å². The van der Waals surface area contributed by atoms with Crippen molar-refractivity contribution in [1.29, 1.82) is 0 Å².